The molecule has 20 heavy (non-hydrogen) atoms. The van der Waals surface area contributed by atoms with Gasteiger partial charge in [0.05, 0.1) is 12.9 Å². The first-order valence-electron chi connectivity index (χ1n) is 6.43. The lowest BCUT2D eigenvalue weighted by Crippen LogP contribution is -2.23. The van der Waals surface area contributed by atoms with Crippen molar-refractivity contribution in [2.24, 2.45) is 0 Å². The lowest BCUT2D eigenvalue weighted by atomic mass is 10.1. The molecule has 5 nitrogen and oxygen atoms in total. The Morgan fingerprint density at radius 1 is 1.20 bits per heavy atom. The molecule has 0 unspecified atom stereocenters. The minimum absolute atomic E-state index is 0.715. The molecule has 1 aliphatic rings. The maximum atomic E-state index is 9.19. The summed E-state index contributed by atoms with van der Waals surface area (Å²) in [5.41, 5.74) is 1.44. The van der Waals surface area contributed by atoms with E-state index in [2.05, 4.69) is 59.6 Å². The highest BCUT2D eigenvalue weighted by molar-refractivity contribution is 7.85. The van der Waals surface area contributed by atoms with Crippen molar-refractivity contribution in [3.63, 3.8) is 0 Å². The molecule has 0 bridgehead atoms. The first-order chi connectivity index (χ1) is 9.34. The molecule has 0 saturated heterocycles. The second-order valence-corrected chi connectivity index (χ2v) is 6.30. The number of aryl methyl sites for hydroxylation is 1. The van der Waals surface area contributed by atoms with E-state index in [4.69, 9.17) is 4.55 Å². The fourth-order valence-corrected chi connectivity index (χ4v) is 1.87. The number of hydrogen-bond acceptors (Lipinski definition) is 4. The van der Waals surface area contributed by atoms with Gasteiger partial charge in [0.2, 0.25) is 0 Å². The van der Waals surface area contributed by atoms with E-state index in [0.717, 1.165) is 13.2 Å². The van der Waals surface area contributed by atoms with Crippen LogP contribution in [0, 0.1) is 0 Å². The van der Waals surface area contributed by atoms with Gasteiger partial charge >= 0.3 is 0 Å². The van der Waals surface area contributed by atoms with Crippen LogP contribution in [0.25, 0.3) is 0 Å². The fourth-order valence-electron chi connectivity index (χ4n) is 1.87. The summed E-state index contributed by atoms with van der Waals surface area (Å²) in [6.07, 6.45) is 7.41. The predicted octanol–water partition coefficient (Wildman–Crippen LogP) is 1.80. The van der Waals surface area contributed by atoms with Crippen molar-refractivity contribution < 1.29 is 13.0 Å². The summed E-state index contributed by atoms with van der Waals surface area (Å²) in [5, 5.41) is 0. The quantitative estimate of drug-likeness (QED) is 0.859. The van der Waals surface area contributed by atoms with Crippen molar-refractivity contribution in [1.82, 2.24) is 9.80 Å². The third-order valence-corrected chi connectivity index (χ3v) is 2.69. The molecule has 1 aromatic rings. The van der Waals surface area contributed by atoms with Gasteiger partial charge in [-0.05, 0) is 18.4 Å². The Morgan fingerprint density at radius 2 is 1.80 bits per heavy atom. The predicted molar refractivity (Wildman–Crippen MR) is 80.7 cm³/mol. The van der Waals surface area contributed by atoms with Gasteiger partial charge in [0.25, 0.3) is 10.1 Å². The van der Waals surface area contributed by atoms with Crippen molar-refractivity contribution >= 4 is 10.1 Å². The lowest BCUT2D eigenvalue weighted by molar-refractivity contribution is 0.294. The van der Waals surface area contributed by atoms with Gasteiger partial charge in [0.1, 0.15) is 0 Å². The summed E-state index contributed by atoms with van der Waals surface area (Å²) < 4.78 is 25.9. The van der Waals surface area contributed by atoms with Gasteiger partial charge in [-0.25, -0.2) is 0 Å². The Labute approximate surface area is 121 Å². The largest absolute Gasteiger partial charge is 0.362 e. The maximum absolute atomic E-state index is 9.19. The molecule has 0 radical (unpaired) electrons. The SMILES string of the molecule is CN1C=CN(CCCc2ccccc2)C1.CS(=O)(=O)O. The monoisotopic (exact) mass is 298 g/mol. The summed E-state index contributed by atoms with van der Waals surface area (Å²) in [4.78, 5) is 4.55. The van der Waals surface area contributed by atoms with Crippen LogP contribution in [0.4, 0.5) is 0 Å². The number of rotatable bonds is 4. The molecule has 112 valence electrons. The van der Waals surface area contributed by atoms with Gasteiger partial charge in [-0.15, -0.1) is 0 Å². The zero-order valence-corrected chi connectivity index (χ0v) is 12.8. The second kappa shape index (κ2) is 7.91. The lowest BCUT2D eigenvalue weighted by Gasteiger charge is -2.17. The zero-order chi connectivity index (χ0) is 15.0. The molecule has 0 aliphatic carbocycles. The maximum Gasteiger partial charge on any atom is 0.261 e. The van der Waals surface area contributed by atoms with Crippen molar-refractivity contribution in [1.29, 1.82) is 0 Å². The van der Waals surface area contributed by atoms with E-state index < -0.39 is 10.1 Å². The molecule has 0 atom stereocenters. The van der Waals surface area contributed by atoms with Crippen LogP contribution in [-0.4, -0.2) is 49.3 Å². The van der Waals surface area contributed by atoms with Gasteiger partial charge in [0, 0.05) is 26.0 Å². The molecule has 0 amide bonds. The highest BCUT2D eigenvalue weighted by Gasteiger charge is 2.06. The average Bonchev–Trinajstić information content (AvgIpc) is 2.74. The normalized spacial score (nSPS) is 14.2. The molecule has 6 heteroatoms. The number of nitrogens with zero attached hydrogens (tertiary/aromatic N) is 2. The van der Waals surface area contributed by atoms with Gasteiger partial charge in [-0.3, -0.25) is 4.55 Å². The molecular formula is C14H22N2O3S. The first kappa shape index (κ1) is 16.5. The summed E-state index contributed by atoms with van der Waals surface area (Å²) in [7, 11) is -1.56. The van der Waals surface area contributed by atoms with E-state index in [-0.39, 0.29) is 0 Å². The second-order valence-electron chi connectivity index (χ2n) is 4.83. The Bertz CT molecular complexity index is 506. The Kier molecular flexibility index (Phi) is 6.54. The van der Waals surface area contributed by atoms with Gasteiger partial charge in [0.15, 0.2) is 0 Å². The van der Waals surface area contributed by atoms with Crippen LogP contribution in [-0.2, 0) is 16.5 Å². The molecule has 0 saturated carbocycles. The Hall–Kier alpha value is -1.53. The molecule has 2 rings (SSSR count). The third kappa shape index (κ3) is 8.55. The van der Waals surface area contributed by atoms with E-state index in [0.29, 0.717) is 6.26 Å². The topological polar surface area (TPSA) is 60.9 Å². The van der Waals surface area contributed by atoms with Crippen LogP contribution >= 0.6 is 0 Å². The van der Waals surface area contributed by atoms with Crippen LogP contribution in [0.3, 0.4) is 0 Å². The van der Waals surface area contributed by atoms with E-state index in [1.54, 1.807) is 0 Å². The number of benzene rings is 1. The summed E-state index contributed by atoms with van der Waals surface area (Å²) in [6.45, 7) is 2.19. The van der Waals surface area contributed by atoms with Crippen molar-refractivity contribution in [2.45, 2.75) is 12.8 Å². The molecule has 0 spiro atoms. The highest BCUT2D eigenvalue weighted by atomic mass is 32.2. The van der Waals surface area contributed by atoms with Gasteiger partial charge in [-0.2, -0.15) is 8.42 Å². The molecule has 1 heterocycles. The third-order valence-electron chi connectivity index (χ3n) is 2.69. The zero-order valence-electron chi connectivity index (χ0n) is 11.9. The van der Waals surface area contributed by atoms with E-state index in [1.165, 1.54) is 18.4 Å². The molecule has 1 aliphatic heterocycles. The molecule has 0 fully saturated rings. The van der Waals surface area contributed by atoms with Crippen LogP contribution < -0.4 is 0 Å². The summed E-state index contributed by atoms with van der Waals surface area (Å²) in [5.74, 6) is 0. The van der Waals surface area contributed by atoms with Crippen molar-refractivity contribution in [3.8, 4) is 0 Å². The first-order valence-corrected chi connectivity index (χ1v) is 8.28. The summed E-state index contributed by atoms with van der Waals surface area (Å²) in [6, 6.07) is 10.7. The van der Waals surface area contributed by atoms with E-state index >= 15 is 0 Å². The smallest absolute Gasteiger partial charge is 0.261 e. The Morgan fingerprint density at radius 3 is 2.30 bits per heavy atom. The van der Waals surface area contributed by atoms with Crippen LogP contribution in [0.15, 0.2) is 42.7 Å². The average molecular weight is 298 g/mol. The van der Waals surface area contributed by atoms with Crippen molar-refractivity contribution in [3.05, 3.63) is 48.3 Å². The van der Waals surface area contributed by atoms with Crippen LogP contribution in [0.1, 0.15) is 12.0 Å². The summed E-state index contributed by atoms with van der Waals surface area (Å²) >= 11 is 0. The highest BCUT2D eigenvalue weighted by Crippen LogP contribution is 2.07. The molecule has 0 aromatic heterocycles. The molecular weight excluding hydrogens is 276 g/mol. The van der Waals surface area contributed by atoms with Crippen LogP contribution in [0.2, 0.25) is 0 Å². The Balaban J connectivity index is 0.000000347. The molecule has 1 N–H and O–H groups in total. The van der Waals surface area contributed by atoms with Crippen molar-refractivity contribution in [2.75, 3.05) is 26.5 Å². The minimum atomic E-state index is -3.67. The van der Waals surface area contributed by atoms with E-state index in [1.807, 2.05) is 0 Å². The minimum Gasteiger partial charge on any atom is -0.362 e. The number of hydrogen-bond donors (Lipinski definition) is 1. The fraction of sp³-hybridized carbons (Fsp3) is 0.429. The van der Waals surface area contributed by atoms with Gasteiger partial charge < -0.3 is 9.80 Å². The van der Waals surface area contributed by atoms with E-state index in [9.17, 15) is 8.42 Å². The molecule has 1 aromatic carbocycles. The van der Waals surface area contributed by atoms with Gasteiger partial charge in [-0.1, -0.05) is 30.3 Å². The van der Waals surface area contributed by atoms with Crippen LogP contribution in [0.5, 0.6) is 0 Å². The standard InChI is InChI=1S/C13H18N2.CH4O3S/c1-14-10-11-15(12-14)9-5-8-13-6-3-2-4-7-13;1-5(2,3)4/h2-4,6-7,10-11H,5,8-9,12H2,1H3;1H3,(H,2,3,4).